The number of benzene rings is 1. The van der Waals surface area contributed by atoms with Crippen molar-refractivity contribution >= 4 is 23.2 Å². The number of piperidine rings is 1. The molecule has 1 aromatic rings. The third-order valence-electron chi connectivity index (χ3n) is 4.07. The minimum atomic E-state index is -0.270. The fraction of sp³-hybridized carbons (Fsp3) is 0.438. The number of likely N-dealkylation sites (tertiary alicyclic amines) is 1. The molecule has 1 atom stereocenters. The quantitative estimate of drug-likeness (QED) is 0.887. The van der Waals surface area contributed by atoms with Crippen LogP contribution in [0.5, 0.6) is 0 Å². The van der Waals surface area contributed by atoms with Crippen LogP contribution in [0, 0.1) is 5.82 Å². The van der Waals surface area contributed by atoms with E-state index in [0.717, 1.165) is 18.5 Å². The summed E-state index contributed by atoms with van der Waals surface area (Å²) in [4.78, 5) is 25.3. The van der Waals surface area contributed by atoms with E-state index in [-0.39, 0.29) is 23.7 Å². The van der Waals surface area contributed by atoms with Gasteiger partial charge in [0.25, 0.3) is 5.91 Å². The van der Waals surface area contributed by atoms with Crippen LogP contribution in [-0.2, 0) is 9.59 Å². The lowest BCUT2D eigenvalue weighted by Crippen LogP contribution is -2.48. The second-order valence-electron chi connectivity index (χ2n) is 5.84. The Hall–Kier alpha value is -2.44. The molecule has 0 saturated carbocycles. The average molecular weight is 318 g/mol. The van der Waals surface area contributed by atoms with Crippen LogP contribution < -0.4 is 10.7 Å². The highest BCUT2D eigenvalue weighted by Crippen LogP contribution is 2.17. The summed E-state index contributed by atoms with van der Waals surface area (Å²) in [6, 6.07) is 6.33. The molecular weight excluding hydrogens is 299 g/mol. The van der Waals surface area contributed by atoms with Crippen molar-refractivity contribution in [3.63, 3.8) is 0 Å². The molecule has 0 aromatic heterocycles. The van der Waals surface area contributed by atoms with Gasteiger partial charge < -0.3 is 10.2 Å². The first kappa shape index (κ1) is 15.5. The molecule has 0 aliphatic carbocycles. The minimum absolute atomic E-state index is 0.115. The number of hydrazone groups is 1. The molecule has 6 nitrogen and oxygen atoms in total. The summed E-state index contributed by atoms with van der Waals surface area (Å²) in [7, 11) is 0. The zero-order chi connectivity index (χ0) is 16.2. The van der Waals surface area contributed by atoms with Crippen molar-refractivity contribution in [3.8, 4) is 0 Å². The fourth-order valence-electron chi connectivity index (χ4n) is 2.87. The molecule has 122 valence electrons. The maximum atomic E-state index is 12.9. The molecule has 7 heteroatoms. The third-order valence-corrected chi connectivity index (χ3v) is 4.07. The summed E-state index contributed by atoms with van der Waals surface area (Å²) in [5, 5.41) is 7.20. The van der Waals surface area contributed by atoms with Gasteiger partial charge in [-0.15, -0.1) is 0 Å². The van der Waals surface area contributed by atoms with Crippen molar-refractivity contribution in [2.45, 2.75) is 31.7 Å². The average Bonchev–Trinajstić information content (AvgIpc) is 2.57. The van der Waals surface area contributed by atoms with Crippen LogP contribution in [0.4, 0.5) is 10.1 Å². The Labute approximate surface area is 133 Å². The van der Waals surface area contributed by atoms with Crippen molar-refractivity contribution in [2.75, 3.05) is 18.4 Å². The van der Waals surface area contributed by atoms with Gasteiger partial charge in [-0.2, -0.15) is 5.10 Å². The summed E-state index contributed by atoms with van der Waals surface area (Å²) in [5.74, 6) is -0.542. The van der Waals surface area contributed by atoms with Crippen molar-refractivity contribution in [1.82, 2.24) is 10.3 Å². The molecule has 0 bridgehead atoms. The van der Waals surface area contributed by atoms with E-state index in [2.05, 4.69) is 15.8 Å². The Morgan fingerprint density at radius 1 is 1.30 bits per heavy atom. The van der Waals surface area contributed by atoms with Crippen molar-refractivity contribution in [1.29, 1.82) is 0 Å². The topological polar surface area (TPSA) is 73.8 Å². The fourth-order valence-corrected chi connectivity index (χ4v) is 2.87. The van der Waals surface area contributed by atoms with Crippen molar-refractivity contribution in [3.05, 3.63) is 30.1 Å². The van der Waals surface area contributed by atoms with Crippen molar-refractivity contribution in [2.24, 2.45) is 5.10 Å². The predicted octanol–water partition coefficient (Wildman–Crippen LogP) is 1.49. The molecule has 3 rings (SSSR count). The molecule has 1 aromatic carbocycles. The standard InChI is InChI=1S/C16H19FN4O2/c17-11-3-5-12(6-4-11)18-13-2-1-9-21(10-13)16(23)14-7-8-15(22)20-19-14/h3-6,13,18H,1-2,7-10H2,(H,20,22). The van der Waals surface area contributed by atoms with Gasteiger partial charge >= 0.3 is 0 Å². The Morgan fingerprint density at radius 2 is 2.09 bits per heavy atom. The molecular formula is C16H19FN4O2. The first-order chi connectivity index (χ1) is 11.1. The smallest absolute Gasteiger partial charge is 0.270 e. The lowest BCUT2D eigenvalue weighted by Gasteiger charge is -2.34. The lowest BCUT2D eigenvalue weighted by molar-refractivity contribution is -0.125. The van der Waals surface area contributed by atoms with Gasteiger partial charge in [0.2, 0.25) is 5.91 Å². The number of hydrogen-bond acceptors (Lipinski definition) is 4. The Balaban J connectivity index is 1.60. The molecule has 2 amide bonds. The van der Waals surface area contributed by atoms with Crippen LogP contribution in [0.1, 0.15) is 25.7 Å². The van der Waals surface area contributed by atoms with Gasteiger partial charge in [0.05, 0.1) is 0 Å². The number of nitrogens with one attached hydrogen (secondary N) is 2. The van der Waals surface area contributed by atoms with Gasteiger partial charge in [-0.3, -0.25) is 9.59 Å². The normalized spacial score (nSPS) is 21.4. The SMILES string of the molecule is O=C1CCC(C(=O)N2CCCC(Nc3ccc(F)cc3)C2)=NN1. The first-order valence-electron chi connectivity index (χ1n) is 7.78. The van der Waals surface area contributed by atoms with Gasteiger partial charge in [0, 0.05) is 37.7 Å². The highest BCUT2D eigenvalue weighted by atomic mass is 19.1. The van der Waals surface area contributed by atoms with Gasteiger partial charge in [0.1, 0.15) is 11.5 Å². The molecule has 23 heavy (non-hydrogen) atoms. The third kappa shape index (κ3) is 3.85. The molecule has 2 N–H and O–H groups in total. The molecule has 1 fully saturated rings. The first-order valence-corrected chi connectivity index (χ1v) is 7.78. The molecule has 2 aliphatic rings. The second kappa shape index (κ2) is 6.76. The van der Waals surface area contributed by atoms with E-state index in [0.29, 0.717) is 31.6 Å². The Bertz CT molecular complexity index is 629. The summed E-state index contributed by atoms with van der Waals surface area (Å²) < 4.78 is 12.9. The number of carbonyl (C=O) groups excluding carboxylic acids is 2. The van der Waals surface area contributed by atoms with E-state index in [4.69, 9.17) is 0 Å². The van der Waals surface area contributed by atoms with E-state index in [1.807, 2.05) is 0 Å². The monoisotopic (exact) mass is 318 g/mol. The van der Waals surface area contributed by atoms with Crippen LogP contribution in [0.15, 0.2) is 29.4 Å². The number of halogens is 1. The summed E-state index contributed by atoms with van der Waals surface area (Å²) in [5.41, 5.74) is 3.61. The summed E-state index contributed by atoms with van der Waals surface area (Å²) >= 11 is 0. The number of nitrogens with zero attached hydrogens (tertiary/aromatic N) is 2. The van der Waals surface area contributed by atoms with Crippen molar-refractivity contribution < 1.29 is 14.0 Å². The molecule has 0 radical (unpaired) electrons. The lowest BCUT2D eigenvalue weighted by atomic mass is 10.0. The van der Waals surface area contributed by atoms with Crippen LogP contribution in [0.3, 0.4) is 0 Å². The van der Waals surface area contributed by atoms with E-state index in [1.54, 1.807) is 17.0 Å². The number of amides is 2. The molecule has 0 spiro atoms. The molecule has 2 aliphatic heterocycles. The van der Waals surface area contributed by atoms with Gasteiger partial charge in [-0.05, 0) is 37.1 Å². The predicted molar refractivity (Wildman–Crippen MR) is 84.4 cm³/mol. The van der Waals surface area contributed by atoms with Gasteiger partial charge in [-0.25, -0.2) is 9.82 Å². The maximum Gasteiger partial charge on any atom is 0.270 e. The van der Waals surface area contributed by atoms with E-state index < -0.39 is 0 Å². The summed E-state index contributed by atoms with van der Waals surface area (Å²) in [6.07, 6.45) is 2.53. The maximum absolute atomic E-state index is 12.9. The van der Waals surface area contributed by atoms with Gasteiger partial charge in [0.15, 0.2) is 0 Å². The molecule has 1 unspecified atom stereocenters. The van der Waals surface area contributed by atoms with Crippen LogP contribution in [0.2, 0.25) is 0 Å². The zero-order valence-corrected chi connectivity index (χ0v) is 12.7. The number of carbonyl (C=O) groups is 2. The zero-order valence-electron chi connectivity index (χ0n) is 12.7. The largest absolute Gasteiger partial charge is 0.381 e. The Kier molecular flexibility index (Phi) is 4.55. The van der Waals surface area contributed by atoms with Crippen LogP contribution in [-0.4, -0.2) is 41.6 Å². The second-order valence-corrected chi connectivity index (χ2v) is 5.84. The highest BCUT2D eigenvalue weighted by Gasteiger charge is 2.28. The number of anilines is 1. The van der Waals surface area contributed by atoms with E-state index in [9.17, 15) is 14.0 Å². The van der Waals surface area contributed by atoms with Gasteiger partial charge in [-0.1, -0.05) is 0 Å². The molecule has 2 heterocycles. The van der Waals surface area contributed by atoms with Crippen LogP contribution in [0.25, 0.3) is 0 Å². The molecule has 1 saturated heterocycles. The van der Waals surface area contributed by atoms with E-state index >= 15 is 0 Å². The number of hydrogen-bond donors (Lipinski definition) is 2. The number of rotatable bonds is 3. The highest BCUT2D eigenvalue weighted by molar-refractivity contribution is 6.39. The van der Waals surface area contributed by atoms with E-state index in [1.165, 1.54) is 12.1 Å². The van der Waals surface area contributed by atoms with Crippen LogP contribution >= 0.6 is 0 Å². The minimum Gasteiger partial charge on any atom is -0.381 e. The Morgan fingerprint density at radius 3 is 2.78 bits per heavy atom. The summed E-state index contributed by atoms with van der Waals surface area (Å²) in [6.45, 7) is 1.26.